The molecule has 2 heteroatoms. The van der Waals surface area contributed by atoms with Gasteiger partial charge in [-0.1, -0.05) is 76.3 Å². The monoisotopic (exact) mass is 386 g/mol. The van der Waals surface area contributed by atoms with E-state index in [1.54, 1.807) is 5.57 Å². The van der Waals surface area contributed by atoms with E-state index in [1.165, 1.54) is 57.8 Å². The maximum atomic E-state index is 10.1. The number of fused-ring (bicyclic) bond motifs is 1. The van der Waals surface area contributed by atoms with Crippen molar-refractivity contribution in [3.63, 3.8) is 0 Å². The van der Waals surface area contributed by atoms with Crippen LogP contribution in [0.3, 0.4) is 0 Å². The summed E-state index contributed by atoms with van der Waals surface area (Å²) in [5, 5.41) is 20.2. The van der Waals surface area contributed by atoms with Gasteiger partial charge in [0.2, 0.25) is 0 Å². The van der Waals surface area contributed by atoms with Gasteiger partial charge in [0.1, 0.15) is 0 Å². The molecule has 0 heterocycles. The average Bonchev–Trinajstić information content (AvgIpc) is 3.02. The first-order valence-electron chi connectivity index (χ1n) is 11.8. The Morgan fingerprint density at radius 1 is 1.14 bits per heavy atom. The number of allylic oxidation sites excluding steroid dienone is 3. The molecule has 3 aliphatic rings. The fourth-order valence-electron chi connectivity index (χ4n) is 6.56. The third kappa shape index (κ3) is 4.49. The van der Waals surface area contributed by atoms with Gasteiger partial charge in [-0.2, -0.15) is 0 Å². The fraction of sp³-hybridized carbons (Fsp3) is 0.769. The number of aliphatic hydroxyl groups excluding tert-OH is 2. The Morgan fingerprint density at radius 2 is 1.86 bits per heavy atom. The second-order valence-corrected chi connectivity index (χ2v) is 10.2. The van der Waals surface area contributed by atoms with Gasteiger partial charge in [-0.15, -0.1) is 0 Å². The van der Waals surface area contributed by atoms with Crippen molar-refractivity contribution in [2.24, 2.45) is 23.2 Å². The zero-order chi connectivity index (χ0) is 20.3. The van der Waals surface area contributed by atoms with Crippen LogP contribution in [0.25, 0.3) is 0 Å². The molecule has 3 aliphatic carbocycles. The van der Waals surface area contributed by atoms with E-state index >= 15 is 0 Å². The topological polar surface area (TPSA) is 40.5 Å². The minimum Gasteiger partial charge on any atom is -0.388 e. The summed E-state index contributed by atoms with van der Waals surface area (Å²) in [7, 11) is 0. The molecule has 2 N–H and O–H groups in total. The first-order chi connectivity index (χ1) is 13.4. The fourth-order valence-corrected chi connectivity index (χ4v) is 6.56. The Bertz CT molecular complexity index is 600. The summed E-state index contributed by atoms with van der Waals surface area (Å²) >= 11 is 0. The molecular formula is C26H42O2. The van der Waals surface area contributed by atoms with Gasteiger partial charge in [-0.3, -0.25) is 0 Å². The van der Waals surface area contributed by atoms with Gasteiger partial charge in [0, 0.05) is 0 Å². The van der Waals surface area contributed by atoms with E-state index in [1.807, 2.05) is 0 Å². The van der Waals surface area contributed by atoms with Crippen molar-refractivity contribution in [1.29, 1.82) is 0 Å². The van der Waals surface area contributed by atoms with Crippen LogP contribution < -0.4 is 0 Å². The van der Waals surface area contributed by atoms with Gasteiger partial charge in [-0.25, -0.2) is 0 Å². The Balaban J connectivity index is 1.70. The van der Waals surface area contributed by atoms with Crippen molar-refractivity contribution in [3.05, 3.63) is 35.5 Å². The van der Waals surface area contributed by atoms with E-state index in [9.17, 15) is 10.2 Å². The summed E-state index contributed by atoms with van der Waals surface area (Å²) < 4.78 is 0. The van der Waals surface area contributed by atoms with E-state index in [0.29, 0.717) is 23.8 Å². The maximum Gasteiger partial charge on any atom is 0.0809 e. The van der Waals surface area contributed by atoms with Crippen LogP contribution in [0.5, 0.6) is 0 Å². The molecule has 3 rings (SSSR count). The molecule has 0 radical (unpaired) electrons. The zero-order valence-electron chi connectivity index (χ0n) is 18.4. The lowest BCUT2D eigenvalue weighted by Crippen LogP contribution is -2.36. The molecular weight excluding hydrogens is 344 g/mol. The van der Waals surface area contributed by atoms with E-state index in [-0.39, 0.29) is 0 Å². The van der Waals surface area contributed by atoms with Crippen molar-refractivity contribution in [1.82, 2.24) is 0 Å². The minimum atomic E-state index is -0.593. The lowest BCUT2D eigenvalue weighted by atomic mass is 9.60. The van der Waals surface area contributed by atoms with Crippen molar-refractivity contribution < 1.29 is 10.2 Å². The van der Waals surface area contributed by atoms with Gasteiger partial charge in [0.15, 0.2) is 0 Å². The predicted octanol–water partition coefficient (Wildman–Crippen LogP) is 6.34. The third-order valence-electron chi connectivity index (χ3n) is 8.29. The van der Waals surface area contributed by atoms with Crippen LogP contribution >= 0.6 is 0 Å². The Kier molecular flexibility index (Phi) is 7.26. The maximum absolute atomic E-state index is 10.1. The summed E-state index contributed by atoms with van der Waals surface area (Å²) in [6.07, 6.45) is 16.7. The first kappa shape index (κ1) is 21.8. The normalized spacial score (nSPS) is 38.5. The number of rotatable bonds is 6. The largest absolute Gasteiger partial charge is 0.388 e. The minimum absolute atomic E-state index is 0.466. The molecule has 3 fully saturated rings. The summed E-state index contributed by atoms with van der Waals surface area (Å²) in [6.45, 7) is 11.2. The van der Waals surface area contributed by atoms with Gasteiger partial charge in [0.25, 0.3) is 0 Å². The molecule has 3 saturated carbocycles. The summed E-state index contributed by atoms with van der Waals surface area (Å²) in [4.78, 5) is 0. The van der Waals surface area contributed by atoms with Gasteiger partial charge in [0.05, 0.1) is 12.2 Å². The van der Waals surface area contributed by atoms with Crippen LogP contribution in [0.4, 0.5) is 0 Å². The molecule has 0 aromatic heterocycles. The molecule has 2 nitrogen and oxygen atoms in total. The van der Waals surface area contributed by atoms with Gasteiger partial charge < -0.3 is 10.2 Å². The second-order valence-electron chi connectivity index (χ2n) is 10.2. The van der Waals surface area contributed by atoms with Crippen LogP contribution in [0.1, 0.15) is 91.4 Å². The molecule has 0 unspecified atom stereocenters. The molecule has 6 atom stereocenters. The standard InChI is InChI=1S/C26H42O2/c1-5-6-7-9-18(2)22-13-14-23-21(10-8-15-26(22,23)4)12-11-20-16-24(27)19(3)25(28)17-20/h11-12,18,22-25,27-28H,3,5-10,13-17H2,1-2,4H3/b21-12+/t18-,22+,23-,24+,25+,26+/m0/s1. The van der Waals surface area contributed by atoms with Crippen LogP contribution in [-0.4, -0.2) is 22.4 Å². The van der Waals surface area contributed by atoms with Crippen LogP contribution in [-0.2, 0) is 0 Å². The smallest absolute Gasteiger partial charge is 0.0809 e. The average molecular weight is 387 g/mol. The summed E-state index contributed by atoms with van der Waals surface area (Å²) in [5.41, 5.74) is 3.83. The molecule has 158 valence electrons. The van der Waals surface area contributed by atoms with E-state index in [0.717, 1.165) is 23.3 Å². The summed E-state index contributed by atoms with van der Waals surface area (Å²) in [6, 6.07) is 0. The van der Waals surface area contributed by atoms with Crippen LogP contribution in [0.15, 0.2) is 35.5 Å². The van der Waals surface area contributed by atoms with E-state index in [4.69, 9.17) is 0 Å². The highest BCUT2D eigenvalue weighted by Crippen LogP contribution is 2.59. The molecule has 0 spiro atoms. The molecule has 0 aliphatic heterocycles. The third-order valence-corrected chi connectivity index (χ3v) is 8.29. The molecule has 0 amide bonds. The lowest BCUT2D eigenvalue weighted by molar-refractivity contribution is 0.0932. The van der Waals surface area contributed by atoms with Crippen molar-refractivity contribution in [3.8, 4) is 0 Å². The van der Waals surface area contributed by atoms with Crippen LogP contribution in [0, 0.1) is 23.2 Å². The Labute approximate surface area is 172 Å². The first-order valence-corrected chi connectivity index (χ1v) is 11.8. The highest BCUT2D eigenvalue weighted by atomic mass is 16.3. The van der Waals surface area contributed by atoms with Crippen molar-refractivity contribution in [2.75, 3.05) is 0 Å². The van der Waals surface area contributed by atoms with Crippen molar-refractivity contribution >= 4 is 0 Å². The molecule has 0 aromatic carbocycles. The Morgan fingerprint density at radius 3 is 2.54 bits per heavy atom. The lowest BCUT2D eigenvalue weighted by Gasteiger charge is -2.44. The van der Waals surface area contributed by atoms with Gasteiger partial charge >= 0.3 is 0 Å². The Hall–Kier alpha value is -0.860. The molecule has 28 heavy (non-hydrogen) atoms. The van der Waals surface area contributed by atoms with Crippen LogP contribution in [0.2, 0.25) is 0 Å². The van der Waals surface area contributed by atoms with E-state index < -0.39 is 12.2 Å². The number of hydrogen-bond donors (Lipinski definition) is 2. The molecule has 0 bridgehead atoms. The quantitative estimate of drug-likeness (QED) is 0.413. The molecule has 0 aromatic rings. The van der Waals surface area contributed by atoms with Gasteiger partial charge in [-0.05, 0) is 73.7 Å². The number of hydrogen-bond acceptors (Lipinski definition) is 2. The zero-order valence-corrected chi connectivity index (χ0v) is 18.4. The van der Waals surface area contributed by atoms with E-state index in [2.05, 4.69) is 39.5 Å². The SMILES string of the molecule is C=C1[C@H](O)CC(=C/C=C2\CCC[C@]3(C)[C@@H]([C@@H](C)CCCCC)CC[C@@H]23)C[C@H]1O. The summed E-state index contributed by atoms with van der Waals surface area (Å²) in [5.74, 6) is 2.44. The predicted molar refractivity (Wildman–Crippen MR) is 118 cm³/mol. The number of unbranched alkanes of at least 4 members (excludes halogenated alkanes) is 2. The van der Waals surface area contributed by atoms with Crippen molar-refractivity contribution in [2.45, 2.75) is 104 Å². The second kappa shape index (κ2) is 9.30. The highest BCUT2D eigenvalue weighted by molar-refractivity contribution is 5.29. The highest BCUT2D eigenvalue weighted by Gasteiger charge is 2.50. The molecule has 0 saturated heterocycles. The number of aliphatic hydroxyl groups is 2.